The summed E-state index contributed by atoms with van der Waals surface area (Å²) in [5.74, 6) is 0.0917. The van der Waals surface area contributed by atoms with Crippen LogP contribution >= 0.6 is 11.6 Å². The standard InChI is InChI=1S/C12H17ClN2O/c1-8(2)12(15-11(16)7-14)9-5-3-4-6-10(9)13/h3-6,8,12H,7,14H2,1-2H3,(H,15,16). The van der Waals surface area contributed by atoms with E-state index in [4.69, 9.17) is 17.3 Å². The molecule has 0 aliphatic rings. The number of nitrogens with one attached hydrogen (secondary N) is 1. The highest BCUT2D eigenvalue weighted by Gasteiger charge is 2.19. The molecule has 0 saturated heterocycles. The van der Waals surface area contributed by atoms with Crippen molar-refractivity contribution in [2.24, 2.45) is 11.7 Å². The highest BCUT2D eigenvalue weighted by molar-refractivity contribution is 6.31. The summed E-state index contributed by atoms with van der Waals surface area (Å²) < 4.78 is 0. The number of halogens is 1. The van der Waals surface area contributed by atoms with E-state index in [0.717, 1.165) is 5.56 Å². The molecule has 0 fully saturated rings. The summed E-state index contributed by atoms with van der Waals surface area (Å²) >= 11 is 6.11. The van der Waals surface area contributed by atoms with Gasteiger partial charge < -0.3 is 11.1 Å². The zero-order chi connectivity index (χ0) is 12.1. The van der Waals surface area contributed by atoms with Crippen LogP contribution in [0.4, 0.5) is 0 Å². The Morgan fingerprint density at radius 1 is 1.44 bits per heavy atom. The van der Waals surface area contributed by atoms with Crippen LogP contribution in [0, 0.1) is 5.92 Å². The summed E-state index contributed by atoms with van der Waals surface area (Å²) in [6.45, 7) is 4.06. The van der Waals surface area contributed by atoms with E-state index < -0.39 is 0 Å². The first-order valence-corrected chi connectivity index (χ1v) is 5.68. The van der Waals surface area contributed by atoms with Gasteiger partial charge in [-0.3, -0.25) is 4.79 Å². The summed E-state index contributed by atoms with van der Waals surface area (Å²) in [6.07, 6.45) is 0. The number of amides is 1. The van der Waals surface area contributed by atoms with Crippen molar-refractivity contribution in [2.45, 2.75) is 19.9 Å². The third kappa shape index (κ3) is 3.22. The van der Waals surface area contributed by atoms with Crippen LogP contribution in [-0.2, 0) is 4.79 Å². The zero-order valence-corrected chi connectivity index (χ0v) is 10.3. The minimum Gasteiger partial charge on any atom is -0.348 e. The summed E-state index contributed by atoms with van der Waals surface area (Å²) in [5.41, 5.74) is 6.22. The van der Waals surface area contributed by atoms with Crippen LogP contribution in [0.5, 0.6) is 0 Å². The first-order valence-electron chi connectivity index (χ1n) is 5.30. The minimum atomic E-state index is -0.168. The molecule has 0 radical (unpaired) electrons. The van der Waals surface area contributed by atoms with Crippen molar-refractivity contribution in [3.63, 3.8) is 0 Å². The zero-order valence-electron chi connectivity index (χ0n) is 9.53. The van der Waals surface area contributed by atoms with Gasteiger partial charge in [0.2, 0.25) is 5.91 Å². The largest absolute Gasteiger partial charge is 0.348 e. The quantitative estimate of drug-likeness (QED) is 0.847. The topological polar surface area (TPSA) is 55.1 Å². The Kier molecular flexibility index (Phi) is 4.77. The second kappa shape index (κ2) is 5.87. The molecule has 1 aromatic carbocycles. The number of benzene rings is 1. The van der Waals surface area contributed by atoms with Crippen molar-refractivity contribution >= 4 is 17.5 Å². The van der Waals surface area contributed by atoms with Crippen molar-refractivity contribution in [2.75, 3.05) is 6.54 Å². The second-order valence-electron chi connectivity index (χ2n) is 4.01. The molecule has 1 aromatic rings. The maximum absolute atomic E-state index is 11.3. The lowest BCUT2D eigenvalue weighted by atomic mass is 9.96. The average Bonchev–Trinajstić information content (AvgIpc) is 2.26. The summed E-state index contributed by atoms with van der Waals surface area (Å²) in [7, 11) is 0. The summed E-state index contributed by atoms with van der Waals surface area (Å²) in [6, 6.07) is 7.42. The van der Waals surface area contributed by atoms with Gasteiger partial charge in [0.15, 0.2) is 0 Å². The first kappa shape index (κ1) is 13.0. The molecule has 0 spiro atoms. The van der Waals surface area contributed by atoms with Crippen LogP contribution in [0.3, 0.4) is 0 Å². The molecule has 1 amide bonds. The third-order valence-electron chi connectivity index (χ3n) is 2.41. The molecular weight excluding hydrogens is 224 g/mol. The SMILES string of the molecule is CC(C)C(NC(=O)CN)c1ccccc1Cl. The maximum atomic E-state index is 11.3. The highest BCUT2D eigenvalue weighted by atomic mass is 35.5. The Bertz CT molecular complexity index is 366. The Labute approximate surface area is 101 Å². The fourth-order valence-electron chi connectivity index (χ4n) is 1.56. The van der Waals surface area contributed by atoms with Gasteiger partial charge in [-0.25, -0.2) is 0 Å². The number of carbonyl (C=O) groups excluding carboxylic acids is 1. The van der Waals surface area contributed by atoms with Crippen LogP contribution in [0.15, 0.2) is 24.3 Å². The molecule has 4 heteroatoms. The van der Waals surface area contributed by atoms with E-state index in [0.29, 0.717) is 5.02 Å². The lowest BCUT2D eigenvalue weighted by molar-refractivity contribution is -0.120. The highest BCUT2D eigenvalue weighted by Crippen LogP contribution is 2.27. The lowest BCUT2D eigenvalue weighted by Gasteiger charge is -2.23. The van der Waals surface area contributed by atoms with E-state index in [1.165, 1.54) is 0 Å². The fraction of sp³-hybridized carbons (Fsp3) is 0.417. The number of carbonyl (C=O) groups is 1. The smallest absolute Gasteiger partial charge is 0.234 e. The van der Waals surface area contributed by atoms with Gasteiger partial charge in [-0.15, -0.1) is 0 Å². The van der Waals surface area contributed by atoms with Crippen molar-refractivity contribution in [1.29, 1.82) is 0 Å². The van der Waals surface area contributed by atoms with Gasteiger partial charge >= 0.3 is 0 Å². The van der Waals surface area contributed by atoms with Crippen LogP contribution < -0.4 is 11.1 Å². The Balaban J connectivity index is 2.94. The van der Waals surface area contributed by atoms with Gasteiger partial charge in [-0.1, -0.05) is 43.6 Å². The van der Waals surface area contributed by atoms with Gasteiger partial charge in [-0.2, -0.15) is 0 Å². The molecule has 0 aliphatic heterocycles. The molecule has 1 rings (SSSR count). The van der Waals surface area contributed by atoms with Crippen LogP contribution in [0.1, 0.15) is 25.5 Å². The van der Waals surface area contributed by atoms with Crippen molar-refractivity contribution in [1.82, 2.24) is 5.32 Å². The molecular formula is C12H17ClN2O. The Morgan fingerprint density at radius 2 is 2.06 bits per heavy atom. The first-order chi connectivity index (χ1) is 7.56. The molecule has 1 atom stereocenters. The van der Waals surface area contributed by atoms with Crippen LogP contribution in [0.25, 0.3) is 0 Å². The van der Waals surface area contributed by atoms with E-state index in [1.807, 2.05) is 38.1 Å². The number of hydrogen-bond acceptors (Lipinski definition) is 2. The number of nitrogens with two attached hydrogens (primary N) is 1. The summed E-state index contributed by atoms with van der Waals surface area (Å²) in [4.78, 5) is 11.3. The van der Waals surface area contributed by atoms with Crippen molar-refractivity contribution in [3.8, 4) is 0 Å². The van der Waals surface area contributed by atoms with Gasteiger partial charge in [-0.05, 0) is 17.5 Å². The molecule has 0 bridgehead atoms. The maximum Gasteiger partial charge on any atom is 0.234 e. The fourth-order valence-corrected chi connectivity index (χ4v) is 1.82. The Morgan fingerprint density at radius 3 is 2.56 bits per heavy atom. The van der Waals surface area contributed by atoms with Gasteiger partial charge in [0.1, 0.15) is 0 Å². The molecule has 0 saturated carbocycles. The molecule has 3 nitrogen and oxygen atoms in total. The van der Waals surface area contributed by atoms with Crippen molar-refractivity contribution < 1.29 is 4.79 Å². The van der Waals surface area contributed by atoms with Crippen molar-refractivity contribution in [3.05, 3.63) is 34.9 Å². The lowest BCUT2D eigenvalue weighted by Crippen LogP contribution is -2.36. The van der Waals surface area contributed by atoms with E-state index >= 15 is 0 Å². The molecule has 3 N–H and O–H groups in total. The molecule has 0 aliphatic carbocycles. The normalized spacial score (nSPS) is 12.6. The predicted octanol–water partition coefficient (Wildman–Crippen LogP) is 2.11. The van der Waals surface area contributed by atoms with E-state index in [9.17, 15) is 4.79 Å². The second-order valence-corrected chi connectivity index (χ2v) is 4.42. The summed E-state index contributed by atoms with van der Waals surface area (Å²) in [5, 5.41) is 3.54. The van der Waals surface area contributed by atoms with Gasteiger partial charge in [0, 0.05) is 5.02 Å². The third-order valence-corrected chi connectivity index (χ3v) is 2.75. The molecule has 88 valence electrons. The van der Waals surface area contributed by atoms with E-state index in [2.05, 4.69) is 5.32 Å². The predicted molar refractivity (Wildman–Crippen MR) is 66.2 cm³/mol. The average molecular weight is 241 g/mol. The molecule has 1 unspecified atom stereocenters. The van der Waals surface area contributed by atoms with E-state index in [1.54, 1.807) is 0 Å². The van der Waals surface area contributed by atoms with Gasteiger partial charge in [0.05, 0.1) is 12.6 Å². The Hall–Kier alpha value is -1.06. The molecule has 0 aromatic heterocycles. The van der Waals surface area contributed by atoms with Crippen LogP contribution in [-0.4, -0.2) is 12.5 Å². The molecule has 0 heterocycles. The number of rotatable bonds is 4. The van der Waals surface area contributed by atoms with Crippen LogP contribution in [0.2, 0.25) is 5.02 Å². The van der Waals surface area contributed by atoms with E-state index in [-0.39, 0.29) is 24.4 Å². The van der Waals surface area contributed by atoms with Gasteiger partial charge in [0.25, 0.3) is 0 Å². The monoisotopic (exact) mass is 240 g/mol. The molecule has 16 heavy (non-hydrogen) atoms. The number of hydrogen-bond donors (Lipinski definition) is 2. The minimum absolute atomic E-state index is 0.00628.